The van der Waals surface area contributed by atoms with Gasteiger partial charge in [-0.25, -0.2) is 0 Å². The molecule has 0 aliphatic rings. The van der Waals surface area contributed by atoms with Gasteiger partial charge in [0.25, 0.3) is 0 Å². The molecule has 18 heavy (non-hydrogen) atoms. The summed E-state index contributed by atoms with van der Waals surface area (Å²) in [5.41, 5.74) is 1.26. The molecule has 2 N–H and O–H groups in total. The fourth-order valence-electron chi connectivity index (χ4n) is 1.59. The lowest BCUT2D eigenvalue weighted by atomic mass is 10.2. The third-order valence-corrected chi connectivity index (χ3v) is 2.44. The minimum absolute atomic E-state index is 0.0662. The zero-order chi connectivity index (χ0) is 13.0. The first-order valence-corrected chi connectivity index (χ1v) is 5.25. The molecule has 0 unspecified atom stereocenters. The fraction of sp³-hybridized carbons (Fsp3) is 0.182. The molecule has 0 saturated carbocycles. The van der Waals surface area contributed by atoms with Crippen LogP contribution < -0.4 is 10.1 Å². The first-order chi connectivity index (χ1) is 8.72. The Hall–Kier alpha value is -2.57. The summed E-state index contributed by atoms with van der Waals surface area (Å²) in [4.78, 5) is 10.6. The summed E-state index contributed by atoms with van der Waals surface area (Å²) >= 11 is 0. The van der Waals surface area contributed by atoms with E-state index in [1.807, 2.05) is 0 Å². The van der Waals surface area contributed by atoms with Crippen LogP contribution in [-0.4, -0.2) is 22.2 Å². The van der Waals surface area contributed by atoms with Crippen molar-refractivity contribution in [1.82, 2.24) is 10.2 Å². The van der Waals surface area contributed by atoms with Crippen molar-refractivity contribution in [2.75, 3.05) is 12.4 Å². The number of nitro groups is 1. The molecule has 1 heterocycles. The highest BCUT2D eigenvalue weighted by Crippen LogP contribution is 2.34. The van der Waals surface area contributed by atoms with E-state index >= 15 is 0 Å². The number of hydrogen-bond donors (Lipinski definition) is 2. The molecule has 7 heteroatoms. The van der Waals surface area contributed by atoms with Crippen molar-refractivity contribution in [1.29, 1.82) is 0 Å². The number of anilines is 1. The van der Waals surface area contributed by atoms with E-state index in [0.717, 1.165) is 5.56 Å². The molecule has 0 saturated heterocycles. The van der Waals surface area contributed by atoms with Gasteiger partial charge in [-0.3, -0.25) is 15.2 Å². The first-order valence-electron chi connectivity index (χ1n) is 5.25. The quantitative estimate of drug-likeness (QED) is 0.623. The Morgan fingerprint density at radius 3 is 3.00 bits per heavy atom. The van der Waals surface area contributed by atoms with Crippen LogP contribution in [0.3, 0.4) is 0 Å². The molecule has 0 bridgehead atoms. The lowest BCUT2D eigenvalue weighted by molar-refractivity contribution is -0.384. The zero-order valence-electron chi connectivity index (χ0n) is 9.71. The van der Waals surface area contributed by atoms with Gasteiger partial charge in [0, 0.05) is 18.3 Å². The van der Waals surface area contributed by atoms with Gasteiger partial charge in [-0.1, -0.05) is 6.07 Å². The predicted octanol–water partition coefficient (Wildman–Crippen LogP) is 1.94. The van der Waals surface area contributed by atoms with E-state index in [1.54, 1.807) is 30.6 Å². The van der Waals surface area contributed by atoms with Crippen LogP contribution in [0.15, 0.2) is 30.6 Å². The Morgan fingerprint density at radius 1 is 1.56 bits per heavy atom. The number of aromatic nitrogens is 2. The molecule has 2 aromatic rings. The lowest BCUT2D eigenvalue weighted by Gasteiger charge is -2.08. The van der Waals surface area contributed by atoms with Gasteiger partial charge in [-0.15, -0.1) is 0 Å². The SMILES string of the molecule is COc1cccc(NCc2cn[nH]c2)c1[N+](=O)[O-]. The average molecular weight is 248 g/mol. The van der Waals surface area contributed by atoms with E-state index < -0.39 is 4.92 Å². The van der Waals surface area contributed by atoms with Gasteiger partial charge in [0.05, 0.1) is 18.2 Å². The van der Waals surface area contributed by atoms with Crippen molar-refractivity contribution in [3.63, 3.8) is 0 Å². The topological polar surface area (TPSA) is 93.1 Å². The second-order valence-corrected chi connectivity index (χ2v) is 3.57. The van der Waals surface area contributed by atoms with Gasteiger partial charge in [-0.2, -0.15) is 5.10 Å². The second-order valence-electron chi connectivity index (χ2n) is 3.57. The third kappa shape index (κ3) is 2.40. The summed E-state index contributed by atoms with van der Waals surface area (Å²) in [6.07, 6.45) is 3.37. The van der Waals surface area contributed by atoms with Crippen molar-refractivity contribution < 1.29 is 9.66 Å². The number of methoxy groups -OCH3 is 1. The molecule has 0 radical (unpaired) electrons. The number of benzene rings is 1. The number of rotatable bonds is 5. The Labute approximate surface area is 103 Å². The van der Waals surface area contributed by atoms with Gasteiger partial charge in [-0.05, 0) is 12.1 Å². The minimum Gasteiger partial charge on any atom is -0.490 e. The average Bonchev–Trinajstić information content (AvgIpc) is 2.88. The monoisotopic (exact) mass is 248 g/mol. The highest BCUT2D eigenvalue weighted by atomic mass is 16.6. The first kappa shape index (κ1) is 11.9. The molecule has 0 spiro atoms. The molecular weight excluding hydrogens is 236 g/mol. The fourth-order valence-corrected chi connectivity index (χ4v) is 1.59. The Bertz CT molecular complexity index is 539. The van der Waals surface area contributed by atoms with E-state index in [-0.39, 0.29) is 11.4 Å². The number of hydrogen-bond acceptors (Lipinski definition) is 5. The van der Waals surface area contributed by atoms with E-state index in [1.165, 1.54) is 7.11 Å². The second kappa shape index (κ2) is 5.17. The van der Waals surface area contributed by atoms with E-state index in [9.17, 15) is 10.1 Å². The molecule has 1 aromatic carbocycles. The van der Waals surface area contributed by atoms with Crippen LogP contribution in [0.1, 0.15) is 5.56 Å². The predicted molar refractivity (Wildman–Crippen MR) is 65.6 cm³/mol. The summed E-state index contributed by atoms with van der Waals surface area (Å²) in [7, 11) is 1.40. The maximum Gasteiger partial charge on any atom is 0.333 e. The molecule has 2 rings (SSSR count). The Kier molecular flexibility index (Phi) is 3.42. The van der Waals surface area contributed by atoms with Crippen LogP contribution in [0.25, 0.3) is 0 Å². The summed E-state index contributed by atoms with van der Waals surface area (Å²) in [5, 5.41) is 20.5. The van der Waals surface area contributed by atoms with Gasteiger partial charge in [0.1, 0.15) is 5.69 Å². The highest BCUT2D eigenvalue weighted by Gasteiger charge is 2.20. The van der Waals surface area contributed by atoms with E-state index in [0.29, 0.717) is 12.2 Å². The molecule has 0 aliphatic carbocycles. The highest BCUT2D eigenvalue weighted by molar-refractivity contribution is 5.68. The minimum atomic E-state index is -0.462. The van der Waals surface area contributed by atoms with Crippen LogP contribution in [0.5, 0.6) is 5.75 Å². The van der Waals surface area contributed by atoms with Crippen LogP contribution >= 0.6 is 0 Å². The summed E-state index contributed by atoms with van der Waals surface area (Å²) in [6, 6.07) is 4.89. The standard InChI is InChI=1S/C11H12N4O3/c1-18-10-4-2-3-9(11(10)15(16)17)12-5-8-6-13-14-7-8/h2-4,6-7,12H,5H2,1H3,(H,13,14). The van der Waals surface area contributed by atoms with Crippen LogP contribution in [0.4, 0.5) is 11.4 Å². The van der Waals surface area contributed by atoms with E-state index in [4.69, 9.17) is 4.74 Å². The van der Waals surface area contributed by atoms with Gasteiger partial charge in [0.15, 0.2) is 5.75 Å². The number of para-hydroxylation sites is 1. The largest absolute Gasteiger partial charge is 0.490 e. The summed E-state index contributed by atoms with van der Waals surface area (Å²) < 4.78 is 4.98. The van der Waals surface area contributed by atoms with Crippen LogP contribution in [-0.2, 0) is 6.54 Å². The van der Waals surface area contributed by atoms with Crippen LogP contribution in [0.2, 0.25) is 0 Å². The van der Waals surface area contributed by atoms with Gasteiger partial charge < -0.3 is 10.1 Å². The molecule has 7 nitrogen and oxygen atoms in total. The molecule has 0 aliphatic heterocycles. The molecule has 0 amide bonds. The van der Waals surface area contributed by atoms with E-state index in [2.05, 4.69) is 15.5 Å². The number of nitrogens with zero attached hydrogens (tertiary/aromatic N) is 2. The van der Waals surface area contributed by atoms with Crippen molar-refractivity contribution in [3.8, 4) is 5.75 Å². The number of H-pyrrole nitrogens is 1. The van der Waals surface area contributed by atoms with Crippen molar-refractivity contribution in [3.05, 3.63) is 46.3 Å². The summed E-state index contributed by atoms with van der Waals surface area (Å²) in [6.45, 7) is 0.449. The Balaban J connectivity index is 2.24. The number of ether oxygens (including phenoxy) is 1. The normalized spacial score (nSPS) is 10.1. The molecule has 94 valence electrons. The maximum absolute atomic E-state index is 11.0. The molecule has 0 atom stereocenters. The molecule has 0 fully saturated rings. The third-order valence-electron chi connectivity index (χ3n) is 2.44. The van der Waals surface area contributed by atoms with Crippen molar-refractivity contribution in [2.24, 2.45) is 0 Å². The van der Waals surface area contributed by atoms with Crippen LogP contribution in [0, 0.1) is 10.1 Å². The van der Waals surface area contributed by atoms with Gasteiger partial charge in [0.2, 0.25) is 0 Å². The summed E-state index contributed by atoms with van der Waals surface area (Å²) in [5.74, 6) is 0.234. The number of aromatic amines is 1. The molecule has 1 aromatic heterocycles. The Morgan fingerprint density at radius 2 is 2.39 bits per heavy atom. The smallest absolute Gasteiger partial charge is 0.333 e. The lowest BCUT2D eigenvalue weighted by Crippen LogP contribution is -2.03. The maximum atomic E-state index is 11.0. The van der Waals surface area contributed by atoms with Gasteiger partial charge >= 0.3 is 5.69 Å². The van der Waals surface area contributed by atoms with Crippen molar-refractivity contribution in [2.45, 2.75) is 6.54 Å². The number of nitro benzene ring substituents is 1. The molecular formula is C11H12N4O3. The van der Waals surface area contributed by atoms with Crippen molar-refractivity contribution >= 4 is 11.4 Å². The number of nitrogens with one attached hydrogen (secondary N) is 2. The zero-order valence-corrected chi connectivity index (χ0v) is 9.71.